The Balaban J connectivity index is 3.16. The van der Waals surface area contributed by atoms with Gasteiger partial charge in [-0.2, -0.15) is 13.2 Å². The molecule has 0 aliphatic rings. The van der Waals surface area contributed by atoms with E-state index >= 15 is 0 Å². The molecule has 0 fully saturated rings. The monoisotopic (exact) mass is 275 g/mol. The maximum atomic E-state index is 12.7. The molecular weight excluding hydrogens is 255 g/mol. The molecule has 0 spiro atoms. The Kier molecular flexibility index (Phi) is 5.17. The van der Waals surface area contributed by atoms with E-state index in [4.69, 9.17) is 0 Å². The Morgan fingerprint density at radius 3 is 2.42 bits per heavy atom. The van der Waals surface area contributed by atoms with E-state index in [0.29, 0.717) is 5.82 Å². The molecule has 0 aliphatic heterocycles. The zero-order chi connectivity index (χ0) is 14.6. The highest BCUT2D eigenvalue weighted by molar-refractivity contribution is 5.49. The van der Waals surface area contributed by atoms with Gasteiger partial charge in [0, 0.05) is 23.8 Å². The highest BCUT2D eigenvalue weighted by atomic mass is 19.4. The molecular formula is C13H20F3N3. The van der Waals surface area contributed by atoms with E-state index in [0.717, 1.165) is 5.56 Å². The third kappa shape index (κ3) is 4.38. The Labute approximate surface area is 111 Å². The van der Waals surface area contributed by atoms with Gasteiger partial charge in [-0.3, -0.25) is 0 Å². The molecule has 0 amide bonds. The van der Waals surface area contributed by atoms with Crippen molar-refractivity contribution >= 4 is 5.82 Å². The summed E-state index contributed by atoms with van der Waals surface area (Å²) in [7, 11) is 1.77. The summed E-state index contributed by atoms with van der Waals surface area (Å²) in [5.74, 6) is 0.386. The minimum Gasteiger partial charge on any atom is -0.345 e. The van der Waals surface area contributed by atoms with E-state index in [2.05, 4.69) is 10.3 Å². The zero-order valence-electron chi connectivity index (χ0n) is 11.6. The standard InChI is InChI=1S/C13H20F3N3/c1-9(2)19(8-13(14,15)16)12-11(10(3)17-4)6-5-7-18-12/h5-7,9-10,17H,8H2,1-4H3. The second-order valence-electron chi connectivity index (χ2n) is 4.76. The first-order chi connectivity index (χ1) is 8.76. The molecule has 1 unspecified atom stereocenters. The molecule has 1 aromatic rings. The Hall–Kier alpha value is -1.30. The predicted molar refractivity (Wildman–Crippen MR) is 70.2 cm³/mol. The van der Waals surface area contributed by atoms with E-state index in [1.54, 1.807) is 33.0 Å². The van der Waals surface area contributed by atoms with Crippen molar-refractivity contribution in [3.8, 4) is 0 Å². The number of nitrogens with one attached hydrogen (secondary N) is 1. The molecule has 19 heavy (non-hydrogen) atoms. The third-order valence-corrected chi connectivity index (χ3v) is 2.96. The fourth-order valence-corrected chi connectivity index (χ4v) is 1.84. The number of rotatable bonds is 5. The molecule has 6 heteroatoms. The van der Waals surface area contributed by atoms with Crippen LogP contribution in [0.4, 0.5) is 19.0 Å². The first-order valence-corrected chi connectivity index (χ1v) is 6.22. The number of pyridine rings is 1. The lowest BCUT2D eigenvalue weighted by molar-refractivity contribution is -0.120. The van der Waals surface area contributed by atoms with Gasteiger partial charge in [-0.25, -0.2) is 4.98 Å². The molecule has 0 aliphatic carbocycles. The van der Waals surface area contributed by atoms with Crippen LogP contribution in [-0.4, -0.2) is 30.8 Å². The van der Waals surface area contributed by atoms with Gasteiger partial charge in [0.1, 0.15) is 12.4 Å². The molecule has 1 N–H and O–H groups in total. The highest BCUT2D eigenvalue weighted by Gasteiger charge is 2.33. The van der Waals surface area contributed by atoms with Crippen LogP contribution < -0.4 is 10.2 Å². The Morgan fingerprint density at radius 2 is 1.95 bits per heavy atom. The first kappa shape index (κ1) is 15.8. The average molecular weight is 275 g/mol. The van der Waals surface area contributed by atoms with Crippen LogP contribution in [0, 0.1) is 0 Å². The van der Waals surface area contributed by atoms with E-state index in [-0.39, 0.29) is 12.1 Å². The average Bonchev–Trinajstić information content (AvgIpc) is 2.33. The molecule has 1 atom stereocenters. The molecule has 3 nitrogen and oxygen atoms in total. The Morgan fingerprint density at radius 1 is 1.32 bits per heavy atom. The van der Waals surface area contributed by atoms with Crippen LogP contribution in [0.25, 0.3) is 0 Å². The number of alkyl halides is 3. The van der Waals surface area contributed by atoms with Gasteiger partial charge in [0.15, 0.2) is 0 Å². The van der Waals surface area contributed by atoms with Crippen molar-refractivity contribution in [1.82, 2.24) is 10.3 Å². The molecule has 0 bridgehead atoms. The maximum Gasteiger partial charge on any atom is 0.405 e. The SMILES string of the molecule is CNC(C)c1cccnc1N(CC(F)(F)F)C(C)C. The van der Waals surface area contributed by atoms with Crippen LogP contribution in [0.2, 0.25) is 0 Å². The van der Waals surface area contributed by atoms with Gasteiger partial charge < -0.3 is 10.2 Å². The third-order valence-electron chi connectivity index (χ3n) is 2.96. The minimum atomic E-state index is -4.25. The lowest BCUT2D eigenvalue weighted by Crippen LogP contribution is -2.40. The van der Waals surface area contributed by atoms with E-state index in [1.165, 1.54) is 11.1 Å². The van der Waals surface area contributed by atoms with Crippen LogP contribution in [0.5, 0.6) is 0 Å². The summed E-state index contributed by atoms with van der Waals surface area (Å²) in [5.41, 5.74) is 0.767. The zero-order valence-corrected chi connectivity index (χ0v) is 11.6. The van der Waals surface area contributed by atoms with Gasteiger partial charge in [-0.15, -0.1) is 0 Å². The molecule has 0 saturated heterocycles. The Bertz CT molecular complexity index is 404. The van der Waals surface area contributed by atoms with Crippen LogP contribution in [-0.2, 0) is 0 Å². The van der Waals surface area contributed by atoms with Crippen molar-refractivity contribution in [2.75, 3.05) is 18.5 Å². The first-order valence-electron chi connectivity index (χ1n) is 6.22. The van der Waals surface area contributed by atoms with Gasteiger partial charge in [0.2, 0.25) is 0 Å². The van der Waals surface area contributed by atoms with Crippen molar-refractivity contribution in [2.45, 2.75) is 39.0 Å². The normalized spacial score (nSPS) is 13.7. The topological polar surface area (TPSA) is 28.2 Å². The van der Waals surface area contributed by atoms with E-state index < -0.39 is 12.7 Å². The van der Waals surface area contributed by atoms with E-state index in [1.807, 2.05) is 6.92 Å². The second-order valence-corrected chi connectivity index (χ2v) is 4.76. The van der Waals surface area contributed by atoms with Gasteiger partial charge in [-0.05, 0) is 33.9 Å². The largest absolute Gasteiger partial charge is 0.405 e. The summed E-state index contributed by atoms with van der Waals surface area (Å²) in [4.78, 5) is 5.42. The molecule has 1 aromatic heterocycles. The second kappa shape index (κ2) is 6.23. The van der Waals surface area contributed by atoms with Crippen LogP contribution in [0.3, 0.4) is 0 Å². The number of halogens is 3. The minimum absolute atomic E-state index is 0.0572. The maximum absolute atomic E-state index is 12.7. The van der Waals surface area contributed by atoms with Gasteiger partial charge >= 0.3 is 6.18 Å². The lowest BCUT2D eigenvalue weighted by atomic mass is 10.1. The molecule has 108 valence electrons. The molecule has 1 heterocycles. The summed E-state index contributed by atoms with van der Waals surface area (Å²) in [5, 5.41) is 3.03. The van der Waals surface area contributed by atoms with Crippen LogP contribution in [0.15, 0.2) is 18.3 Å². The summed E-state index contributed by atoms with van der Waals surface area (Å²) < 4.78 is 38.0. The highest BCUT2D eigenvalue weighted by Crippen LogP contribution is 2.28. The van der Waals surface area contributed by atoms with Gasteiger partial charge in [-0.1, -0.05) is 6.07 Å². The number of aromatic nitrogens is 1. The van der Waals surface area contributed by atoms with Crippen molar-refractivity contribution in [3.05, 3.63) is 23.9 Å². The van der Waals surface area contributed by atoms with Crippen LogP contribution >= 0.6 is 0 Å². The van der Waals surface area contributed by atoms with Crippen LogP contribution in [0.1, 0.15) is 32.4 Å². The van der Waals surface area contributed by atoms with Crippen molar-refractivity contribution in [1.29, 1.82) is 0 Å². The molecule has 0 saturated carbocycles. The quantitative estimate of drug-likeness (QED) is 0.894. The van der Waals surface area contributed by atoms with Gasteiger partial charge in [0.25, 0.3) is 0 Å². The molecule has 0 radical (unpaired) electrons. The number of nitrogens with zero attached hydrogens (tertiary/aromatic N) is 2. The molecule has 1 rings (SSSR count). The molecule has 0 aromatic carbocycles. The summed E-state index contributed by atoms with van der Waals surface area (Å²) in [6.45, 7) is 4.36. The summed E-state index contributed by atoms with van der Waals surface area (Å²) >= 11 is 0. The predicted octanol–water partition coefficient (Wildman–Crippen LogP) is 3.14. The summed E-state index contributed by atoms with van der Waals surface area (Å²) in [6.07, 6.45) is -2.73. The number of hydrogen-bond donors (Lipinski definition) is 1. The lowest BCUT2D eigenvalue weighted by Gasteiger charge is -2.31. The van der Waals surface area contributed by atoms with Crippen molar-refractivity contribution < 1.29 is 13.2 Å². The van der Waals surface area contributed by atoms with Crippen molar-refractivity contribution in [2.24, 2.45) is 0 Å². The number of anilines is 1. The summed E-state index contributed by atoms with van der Waals surface area (Å²) in [6, 6.07) is 3.20. The van der Waals surface area contributed by atoms with E-state index in [9.17, 15) is 13.2 Å². The smallest absolute Gasteiger partial charge is 0.345 e. The fraction of sp³-hybridized carbons (Fsp3) is 0.615. The van der Waals surface area contributed by atoms with Gasteiger partial charge in [0.05, 0.1) is 0 Å². The fourth-order valence-electron chi connectivity index (χ4n) is 1.84. The number of hydrogen-bond acceptors (Lipinski definition) is 3. The van der Waals surface area contributed by atoms with Crippen molar-refractivity contribution in [3.63, 3.8) is 0 Å².